The van der Waals surface area contributed by atoms with Gasteiger partial charge in [0.2, 0.25) is 0 Å². The molecule has 3 nitrogen and oxygen atoms in total. The Labute approximate surface area is 104 Å². The van der Waals surface area contributed by atoms with Gasteiger partial charge >= 0.3 is 5.76 Å². The van der Waals surface area contributed by atoms with E-state index >= 15 is 0 Å². The van der Waals surface area contributed by atoms with Crippen molar-refractivity contribution in [1.82, 2.24) is 4.31 Å². The summed E-state index contributed by atoms with van der Waals surface area (Å²) in [6.45, 7) is -0.233. The number of halogens is 3. The van der Waals surface area contributed by atoms with Crippen LogP contribution >= 0.6 is 11.6 Å². The normalized spacial score (nSPS) is 12.3. The second-order valence-electron chi connectivity index (χ2n) is 3.31. The highest BCUT2D eigenvalue weighted by Crippen LogP contribution is 2.15. The largest absolute Gasteiger partial charge is 0.350 e. The van der Waals surface area contributed by atoms with Crippen molar-refractivity contribution in [2.45, 2.75) is 12.3 Å². The van der Waals surface area contributed by atoms with Crippen molar-refractivity contribution in [3.05, 3.63) is 35.9 Å². The van der Waals surface area contributed by atoms with Crippen molar-refractivity contribution in [3.63, 3.8) is 0 Å². The van der Waals surface area contributed by atoms with Gasteiger partial charge in [-0.2, -0.15) is 13.1 Å². The number of benzene rings is 1. The van der Waals surface area contributed by atoms with Crippen LogP contribution in [0.15, 0.2) is 30.3 Å². The SMILES string of the molecule is O=S(=O)(C(F)F)N(CCCl)Cc1ccccc1. The summed E-state index contributed by atoms with van der Waals surface area (Å²) in [6.07, 6.45) is 0. The summed E-state index contributed by atoms with van der Waals surface area (Å²) < 4.78 is 48.2. The van der Waals surface area contributed by atoms with Crippen LogP contribution in [0.1, 0.15) is 5.56 Å². The van der Waals surface area contributed by atoms with Crippen LogP contribution in [0.2, 0.25) is 0 Å². The second-order valence-corrected chi connectivity index (χ2v) is 5.59. The van der Waals surface area contributed by atoms with E-state index in [0.29, 0.717) is 9.87 Å². The number of rotatable bonds is 6. The Morgan fingerprint density at radius 2 is 1.82 bits per heavy atom. The summed E-state index contributed by atoms with van der Waals surface area (Å²) in [5.74, 6) is -3.45. The van der Waals surface area contributed by atoms with E-state index in [1.54, 1.807) is 30.3 Å². The maximum Gasteiger partial charge on any atom is 0.350 e. The molecule has 0 saturated heterocycles. The smallest absolute Gasteiger partial charge is 0.206 e. The molecule has 0 saturated carbocycles. The van der Waals surface area contributed by atoms with E-state index in [1.165, 1.54) is 0 Å². The van der Waals surface area contributed by atoms with Gasteiger partial charge in [-0.25, -0.2) is 8.42 Å². The predicted octanol–water partition coefficient (Wildman–Crippen LogP) is 2.28. The Hall–Kier alpha value is -0.720. The van der Waals surface area contributed by atoms with Gasteiger partial charge in [0.25, 0.3) is 10.0 Å². The van der Waals surface area contributed by atoms with Crippen molar-refractivity contribution >= 4 is 21.6 Å². The third kappa shape index (κ3) is 3.90. The molecule has 0 bridgehead atoms. The zero-order valence-corrected chi connectivity index (χ0v) is 10.5. The number of alkyl halides is 3. The van der Waals surface area contributed by atoms with E-state index < -0.39 is 15.8 Å². The lowest BCUT2D eigenvalue weighted by Crippen LogP contribution is -2.36. The molecule has 96 valence electrons. The summed E-state index contributed by atoms with van der Waals surface area (Å²) in [6, 6.07) is 8.52. The molecule has 7 heteroatoms. The van der Waals surface area contributed by atoms with Crippen LogP contribution < -0.4 is 0 Å². The first-order valence-electron chi connectivity index (χ1n) is 4.85. The second kappa shape index (κ2) is 6.28. The van der Waals surface area contributed by atoms with Gasteiger partial charge in [-0.05, 0) is 5.56 Å². The molecule has 0 radical (unpaired) electrons. The monoisotopic (exact) mass is 283 g/mol. The van der Waals surface area contributed by atoms with E-state index in [1.807, 2.05) is 0 Å². The molecule has 1 rings (SSSR count). The molecule has 0 amide bonds. The van der Waals surface area contributed by atoms with Gasteiger partial charge in [-0.1, -0.05) is 30.3 Å². The van der Waals surface area contributed by atoms with Crippen molar-refractivity contribution in [3.8, 4) is 0 Å². The molecule has 0 N–H and O–H groups in total. The highest BCUT2D eigenvalue weighted by molar-refractivity contribution is 7.89. The van der Waals surface area contributed by atoms with Gasteiger partial charge in [-0.15, -0.1) is 11.6 Å². The summed E-state index contributed by atoms with van der Waals surface area (Å²) in [7, 11) is -4.58. The molecular formula is C10H12ClF2NO2S. The fraction of sp³-hybridized carbons (Fsp3) is 0.400. The number of sulfonamides is 1. The van der Waals surface area contributed by atoms with Crippen molar-refractivity contribution in [2.75, 3.05) is 12.4 Å². The van der Waals surface area contributed by atoms with Gasteiger partial charge in [0.1, 0.15) is 0 Å². The van der Waals surface area contributed by atoms with E-state index in [2.05, 4.69) is 0 Å². The Morgan fingerprint density at radius 3 is 2.29 bits per heavy atom. The van der Waals surface area contributed by atoms with E-state index in [0.717, 1.165) is 0 Å². The first-order chi connectivity index (χ1) is 7.98. The van der Waals surface area contributed by atoms with E-state index in [9.17, 15) is 17.2 Å². The summed E-state index contributed by atoms with van der Waals surface area (Å²) in [4.78, 5) is 0. The molecule has 0 aliphatic rings. The first-order valence-corrected chi connectivity index (χ1v) is 6.89. The van der Waals surface area contributed by atoms with Gasteiger partial charge < -0.3 is 0 Å². The molecule has 0 aromatic heterocycles. The molecule has 0 spiro atoms. The Bertz CT molecular complexity index is 439. The zero-order valence-electron chi connectivity index (χ0n) is 8.89. The maximum absolute atomic E-state index is 12.4. The number of hydrogen-bond donors (Lipinski definition) is 0. The van der Waals surface area contributed by atoms with Gasteiger partial charge in [-0.3, -0.25) is 0 Å². The lowest BCUT2D eigenvalue weighted by atomic mass is 10.2. The van der Waals surface area contributed by atoms with Gasteiger partial charge in [0.05, 0.1) is 0 Å². The van der Waals surface area contributed by atoms with Gasteiger partial charge in [0.15, 0.2) is 0 Å². The average molecular weight is 284 g/mol. The molecular weight excluding hydrogens is 272 g/mol. The number of hydrogen-bond acceptors (Lipinski definition) is 2. The molecule has 0 aliphatic carbocycles. The molecule has 17 heavy (non-hydrogen) atoms. The van der Waals surface area contributed by atoms with Crippen LogP contribution in [0.25, 0.3) is 0 Å². The third-order valence-electron chi connectivity index (χ3n) is 2.12. The average Bonchev–Trinajstić information content (AvgIpc) is 2.29. The fourth-order valence-electron chi connectivity index (χ4n) is 1.29. The van der Waals surface area contributed by atoms with Crippen LogP contribution in [0, 0.1) is 0 Å². The summed E-state index contributed by atoms with van der Waals surface area (Å²) in [5.41, 5.74) is 0.641. The van der Waals surface area contributed by atoms with Crippen LogP contribution in [-0.4, -0.2) is 30.9 Å². The van der Waals surface area contributed by atoms with Crippen LogP contribution in [-0.2, 0) is 16.6 Å². The predicted molar refractivity (Wildman–Crippen MR) is 62.5 cm³/mol. The first kappa shape index (κ1) is 14.3. The molecule has 0 heterocycles. The minimum absolute atomic E-state index is 0.0290. The van der Waals surface area contributed by atoms with Crippen molar-refractivity contribution in [1.29, 1.82) is 0 Å². The quantitative estimate of drug-likeness (QED) is 0.751. The van der Waals surface area contributed by atoms with Crippen molar-refractivity contribution < 1.29 is 17.2 Å². The molecule has 0 aliphatic heterocycles. The van der Waals surface area contributed by atoms with Crippen LogP contribution in [0.5, 0.6) is 0 Å². The topological polar surface area (TPSA) is 37.4 Å². The molecule has 0 unspecified atom stereocenters. The standard InChI is InChI=1S/C10H12ClF2NO2S/c11-6-7-14(17(15,16)10(12)13)8-9-4-2-1-3-5-9/h1-5,10H,6-8H2. The minimum Gasteiger partial charge on any atom is -0.206 e. The lowest BCUT2D eigenvalue weighted by Gasteiger charge is -2.20. The molecule has 1 aromatic carbocycles. The van der Waals surface area contributed by atoms with Crippen LogP contribution in [0.3, 0.4) is 0 Å². The van der Waals surface area contributed by atoms with Crippen molar-refractivity contribution in [2.24, 2.45) is 0 Å². The van der Waals surface area contributed by atoms with E-state index in [-0.39, 0.29) is 19.0 Å². The number of nitrogens with zero attached hydrogens (tertiary/aromatic N) is 1. The Balaban J connectivity index is 2.88. The zero-order chi connectivity index (χ0) is 12.9. The Kier molecular flexibility index (Phi) is 5.30. The minimum atomic E-state index is -4.58. The molecule has 0 fully saturated rings. The lowest BCUT2D eigenvalue weighted by molar-refractivity contribution is 0.219. The summed E-state index contributed by atoms with van der Waals surface area (Å²) >= 11 is 5.42. The molecule has 0 atom stereocenters. The van der Waals surface area contributed by atoms with Crippen LogP contribution in [0.4, 0.5) is 8.78 Å². The highest BCUT2D eigenvalue weighted by atomic mass is 35.5. The fourth-order valence-corrected chi connectivity index (χ4v) is 2.49. The summed E-state index contributed by atoms with van der Waals surface area (Å²) in [5, 5.41) is 0. The third-order valence-corrected chi connectivity index (χ3v) is 3.77. The van der Waals surface area contributed by atoms with E-state index in [4.69, 9.17) is 11.6 Å². The maximum atomic E-state index is 12.4. The van der Waals surface area contributed by atoms with Gasteiger partial charge in [0, 0.05) is 19.0 Å². The highest BCUT2D eigenvalue weighted by Gasteiger charge is 2.31. The Morgan fingerprint density at radius 1 is 1.24 bits per heavy atom. The molecule has 1 aromatic rings.